The van der Waals surface area contributed by atoms with E-state index in [4.69, 9.17) is 4.74 Å². The Kier molecular flexibility index (Phi) is 7.17. The normalized spacial score (nSPS) is 11.3. The number of carbonyl (C=O) groups is 1. The monoisotopic (exact) mass is 355 g/mol. The SMILES string of the molecule is COCCCNC(=O)/C(=C\c1ccc(N(C)C)cc1)n1ccccc1=O. The molecule has 1 N–H and O–H groups in total. The van der Waals surface area contributed by atoms with Crippen molar-refractivity contribution >= 4 is 23.4 Å². The van der Waals surface area contributed by atoms with E-state index in [-0.39, 0.29) is 17.2 Å². The third kappa shape index (κ3) is 5.32. The Balaban J connectivity index is 2.32. The molecule has 0 bridgehead atoms. The van der Waals surface area contributed by atoms with Crippen molar-refractivity contribution in [3.63, 3.8) is 0 Å². The van der Waals surface area contributed by atoms with Gasteiger partial charge in [-0.3, -0.25) is 14.2 Å². The standard InChI is InChI=1S/C20H25N3O3/c1-22(2)17-10-8-16(9-11-17)15-18(20(25)21-12-6-14-26-3)23-13-5-4-7-19(23)24/h4-5,7-11,13,15H,6,12,14H2,1-3H3,(H,21,25)/b18-15+. The van der Waals surface area contributed by atoms with Gasteiger partial charge in [0, 0.05) is 52.3 Å². The fourth-order valence-corrected chi connectivity index (χ4v) is 2.41. The number of hydrogen-bond donors (Lipinski definition) is 1. The van der Waals surface area contributed by atoms with Crippen molar-refractivity contribution in [2.45, 2.75) is 6.42 Å². The average molecular weight is 355 g/mol. The van der Waals surface area contributed by atoms with Gasteiger partial charge < -0.3 is 15.0 Å². The van der Waals surface area contributed by atoms with E-state index in [9.17, 15) is 9.59 Å². The number of nitrogens with one attached hydrogen (secondary N) is 1. The summed E-state index contributed by atoms with van der Waals surface area (Å²) in [6.45, 7) is 1.04. The number of nitrogens with zero attached hydrogens (tertiary/aromatic N) is 2. The summed E-state index contributed by atoms with van der Waals surface area (Å²) in [6, 6.07) is 12.6. The molecule has 2 aromatic rings. The first-order valence-electron chi connectivity index (χ1n) is 8.47. The fraction of sp³-hybridized carbons (Fsp3) is 0.300. The minimum absolute atomic E-state index is 0.254. The number of carbonyl (C=O) groups excluding carboxylic acids is 1. The lowest BCUT2D eigenvalue weighted by molar-refractivity contribution is -0.116. The third-order valence-corrected chi connectivity index (χ3v) is 3.84. The number of anilines is 1. The van der Waals surface area contributed by atoms with Gasteiger partial charge in [-0.1, -0.05) is 18.2 Å². The van der Waals surface area contributed by atoms with Crippen LogP contribution in [0.1, 0.15) is 12.0 Å². The molecule has 1 aromatic carbocycles. The number of methoxy groups -OCH3 is 1. The molecule has 0 saturated carbocycles. The van der Waals surface area contributed by atoms with Crippen LogP contribution in [0.5, 0.6) is 0 Å². The van der Waals surface area contributed by atoms with Crippen molar-refractivity contribution in [2.24, 2.45) is 0 Å². The Hall–Kier alpha value is -2.86. The minimum atomic E-state index is -0.300. The minimum Gasteiger partial charge on any atom is -0.385 e. The van der Waals surface area contributed by atoms with Crippen LogP contribution in [0, 0.1) is 0 Å². The Morgan fingerprint density at radius 2 is 1.92 bits per heavy atom. The van der Waals surface area contributed by atoms with E-state index < -0.39 is 0 Å². The zero-order valence-electron chi connectivity index (χ0n) is 15.4. The van der Waals surface area contributed by atoms with E-state index in [1.54, 1.807) is 31.5 Å². The molecule has 0 radical (unpaired) electrons. The Morgan fingerprint density at radius 3 is 2.54 bits per heavy atom. The number of ether oxygens (including phenoxy) is 1. The number of pyridine rings is 1. The van der Waals surface area contributed by atoms with Crippen molar-refractivity contribution in [1.29, 1.82) is 0 Å². The highest BCUT2D eigenvalue weighted by atomic mass is 16.5. The maximum Gasteiger partial charge on any atom is 0.268 e. The van der Waals surface area contributed by atoms with Crippen LogP contribution in [-0.2, 0) is 9.53 Å². The van der Waals surface area contributed by atoms with Gasteiger partial charge in [-0.05, 0) is 36.3 Å². The van der Waals surface area contributed by atoms with Gasteiger partial charge in [0.1, 0.15) is 5.70 Å². The van der Waals surface area contributed by atoms with E-state index in [0.717, 1.165) is 11.3 Å². The van der Waals surface area contributed by atoms with Gasteiger partial charge in [0.2, 0.25) is 0 Å². The molecule has 0 atom stereocenters. The summed E-state index contributed by atoms with van der Waals surface area (Å²) in [4.78, 5) is 26.8. The lowest BCUT2D eigenvalue weighted by atomic mass is 10.1. The molecule has 2 rings (SSSR count). The Bertz CT molecular complexity index is 808. The second-order valence-corrected chi connectivity index (χ2v) is 6.03. The molecule has 0 spiro atoms. The molecule has 1 heterocycles. The van der Waals surface area contributed by atoms with Crippen molar-refractivity contribution < 1.29 is 9.53 Å². The highest BCUT2D eigenvalue weighted by molar-refractivity contribution is 6.18. The third-order valence-electron chi connectivity index (χ3n) is 3.84. The second-order valence-electron chi connectivity index (χ2n) is 6.03. The predicted octanol–water partition coefficient (Wildman–Crippen LogP) is 2.07. The topological polar surface area (TPSA) is 63.6 Å². The van der Waals surface area contributed by atoms with E-state index in [1.165, 1.54) is 10.6 Å². The van der Waals surface area contributed by atoms with Gasteiger partial charge in [-0.25, -0.2) is 0 Å². The maximum atomic E-state index is 12.7. The van der Waals surface area contributed by atoms with Crippen molar-refractivity contribution in [3.05, 3.63) is 64.6 Å². The average Bonchev–Trinajstić information content (AvgIpc) is 2.64. The smallest absolute Gasteiger partial charge is 0.268 e. The predicted molar refractivity (Wildman–Crippen MR) is 105 cm³/mol. The van der Waals surface area contributed by atoms with Crippen LogP contribution in [0.4, 0.5) is 5.69 Å². The number of aromatic nitrogens is 1. The first-order valence-corrected chi connectivity index (χ1v) is 8.47. The summed E-state index contributed by atoms with van der Waals surface area (Å²) in [7, 11) is 5.55. The largest absolute Gasteiger partial charge is 0.385 e. The van der Waals surface area contributed by atoms with E-state index in [1.807, 2.05) is 43.3 Å². The molecule has 26 heavy (non-hydrogen) atoms. The van der Waals surface area contributed by atoms with Gasteiger partial charge in [0.15, 0.2) is 0 Å². The molecule has 0 aliphatic carbocycles. The Morgan fingerprint density at radius 1 is 1.19 bits per heavy atom. The van der Waals surface area contributed by atoms with Gasteiger partial charge in [-0.15, -0.1) is 0 Å². The second kappa shape index (κ2) is 9.58. The summed E-state index contributed by atoms with van der Waals surface area (Å²) in [5, 5.41) is 2.84. The van der Waals surface area contributed by atoms with E-state index in [2.05, 4.69) is 5.32 Å². The quantitative estimate of drug-likeness (QED) is 0.582. The Labute approximate surface area is 153 Å². The first-order chi connectivity index (χ1) is 12.5. The van der Waals surface area contributed by atoms with Crippen molar-refractivity contribution in [1.82, 2.24) is 9.88 Å². The number of hydrogen-bond acceptors (Lipinski definition) is 4. The zero-order valence-corrected chi connectivity index (χ0v) is 15.4. The van der Waals surface area contributed by atoms with Crippen LogP contribution >= 0.6 is 0 Å². The van der Waals surface area contributed by atoms with Crippen molar-refractivity contribution in [3.8, 4) is 0 Å². The lowest BCUT2D eigenvalue weighted by Gasteiger charge is -2.13. The number of amides is 1. The fourth-order valence-electron chi connectivity index (χ4n) is 2.41. The molecule has 6 nitrogen and oxygen atoms in total. The van der Waals surface area contributed by atoms with Crippen LogP contribution in [0.3, 0.4) is 0 Å². The summed E-state index contributed by atoms with van der Waals surface area (Å²) < 4.78 is 6.34. The maximum absolute atomic E-state index is 12.7. The lowest BCUT2D eigenvalue weighted by Crippen LogP contribution is -2.31. The molecule has 0 fully saturated rings. The number of benzene rings is 1. The molecular weight excluding hydrogens is 330 g/mol. The van der Waals surface area contributed by atoms with Crippen LogP contribution < -0.4 is 15.8 Å². The molecule has 0 saturated heterocycles. The van der Waals surface area contributed by atoms with Gasteiger partial charge >= 0.3 is 0 Å². The molecule has 0 aliphatic heterocycles. The highest BCUT2D eigenvalue weighted by Gasteiger charge is 2.12. The summed E-state index contributed by atoms with van der Waals surface area (Å²) in [5.41, 5.74) is 1.93. The van der Waals surface area contributed by atoms with Crippen LogP contribution in [0.2, 0.25) is 0 Å². The molecule has 0 aliphatic rings. The molecule has 138 valence electrons. The molecule has 6 heteroatoms. The van der Waals surface area contributed by atoms with Crippen LogP contribution in [0.15, 0.2) is 53.5 Å². The summed E-state index contributed by atoms with van der Waals surface area (Å²) >= 11 is 0. The molecular formula is C20H25N3O3. The summed E-state index contributed by atoms with van der Waals surface area (Å²) in [6.07, 6.45) is 4.01. The van der Waals surface area contributed by atoms with E-state index >= 15 is 0 Å². The molecule has 1 amide bonds. The van der Waals surface area contributed by atoms with Crippen molar-refractivity contribution in [2.75, 3.05) is 39.3 Å². The first kappa shape index (κ1) is 19.5. The van der Waals surface area contributed by atoms with Crippen LogP contribution in [-0.4, -0.2) is 44.8 Å². The summed E-state index contributed by atoms with van der Waals surface area (Å²) in [5.74, 6) is -0.300. The molecule has 1 aromatic heterocycles. The van der Waals surface area contributed by atoms with Crippen LogP contribution in [0.25, 0.3) is 11.8 Å². The zero-order chi connectivity index (χ0) is 18.9. The van der Waals surface area contributed by atoms with Gasteiger partial charge in [0.25, 0.3) is 11.5 Å². The highest BCUT2D eigenvalue weighted by Crippen LogP contribution is 2.16. The van der Waals surface area contributed by atoms with E-state index in [0.29, 0.717) is 19.6 Å². The molecule has 0 unspecified atom stereocenters. The van der Waals surface area contributed by atoms with Gasteiger partial charge in [-0.2, -0.15) is 0 Å². The number of rotatable bonds is 8. The van der Waals surface area contributed by atoms with Gasteiger partial charge in [0.05, 0.1) is 0 Å².